The van der Waals surface area contributed by atoms with E-state index in [0.717, 1.165) is 17.8 Å². The summed E-state index contributed by atoms with van der Waals surface area (Å²) in [6, 6.07) is 9.14. The molecule has 0 fully saturated rings. The molecule has 0 amide bonds. The number of benzene rings is 1. The van der Waals surface area contributed by atoms with Crippen molar-refractivity contribution in [3.05, 3.63) is 53.9 Å². The van der Waals surface area contributed by atoms with Gasteiger partial charge in [-0.15, -0.1) is 0 Å². The van der Waals surface area contributed by atoms with Gasteiger partial charge >= 0.3 is 6.18 Å². The molecule has 3 nitrogen and oxygen atoms in total. The van der Waals surface area contributed by atoms with Crippen LogP contribution >= 0.6 is 12.2 Å². The Bertz CT molecular complexity index is 606. The molecule has 2 aromatic rings. The van der Waals surface area contributed by atoms with Crippen molar-refractivity contribution in [3.63, 3.8) is 0 Å². The summed E-state index contributed by atoms with van der Waals surface area (Å²) in [6.45, 7) is 0. The minimum Gasteiger partial charge on any atom is -0.389 e. The van der Waals surface area contributed by atoms with Crippen LogP contribution < -0.4 is 11.1 Å². The predicted octanol–water partition coefficient (Wildman–Crippen LogP) is 3.48. The molecule has 0 saturated carbocycles. The fourth-order valence-electron chi connectivity index (χ4n) is 1.52. The van der Waals surface area contributed by atoms with Gasteiger partial charge in [-0.3, -0.25) is 0 Å². The van der Waals surface area contributed by atoms with Crippen LogP contribution in [0.25, 0.3) is 0 Å². The standard InChI is InChI=1S/C13H10F3N3S/c14-13(15,16)11-6-5-10(7-18-11)19-9-3-1-8(2-4-9)12(17)20/h1-7,19H,(H2,17,20). The highest BCUT2D eigenvalue weighted by Gasteiger charge is 2.31. The predicted molar refractivity (Wildman–Crippen MR) is 74.9 cm³/mol. The zero-order chi connectivity index (χ0) is 14.8. The SMILES string of the molecule is NC(=S)c1ccc(Nc2ccc(C(F)(F)F)nc2)cc1. The van der Waals surface area contributed by atoms with Crippen LogP contribution in [0, 0.1) is 0 Å². The van der Waals surface area contributed by atoms with E-state index in [1.54, 1.807) is 24.3 Å². The first-order chi connectivity index (χ1) is 9.36. The van der Waals surface area contributed by atoms with Crippen molar-refractivity contribution in [3.8, 4) is 0 Å². The number of anilines is 2. The number of hydrogen-bond donors (Lipinski definition) is 2. The van der Waals surface area contributed by atoms with Crippen molar-refractivity contribution in [1.82, 2.24) is 4.98 Å². The highest BCUT2D eigenvalue weighted by molar-refractivity contribution is 7.80. The number of thiocarbonyl (C=S) groups is 1. The molecule has 3 N–H and O–H groups in total. The van der Waals surface area contributed by atoms with Gasteiger partial charge in [0.25, 0.3) is 0 Å². The molecule has 2 rings (SSSR count). The van der Waals surface area contributed by atoms with Crippen LogP contribution in [0.15, 0.2) is 42.6 Å². The summed E-state index contributed by atoms with van der Waals surface area (Å²) < 4.78 is 37.1. The average molecular weight is 297 g/mol. The van der Waals surface area contributed by atoms with Crippen LogP contribution in [0.3, 0.4) is 0 Å². The summed E-state index contributed by atoms with van der Waals surface area (Å²) in [4.78, 5) is 3.65. The first kappa shape index (κ1) is 14.3. The van der Waals surface area contributed by atoms with Gasteiger partial charge in [-0.05, 0) is 36.4 Å². The number of rotatable bonds is 3. The average Bonchev–Trinajstić information content (AvgIpc) is 2.39. The number of nitrogens with zero attached hydrogens (tertiary/aromatic N) is 1. The molecule has 0 aliphatic heterocycles. The summed E-state index contributed by atoms with van der Waals surface area (Å²) in [6.07, 6.45) is -3.30. The monoisotopic (exact) mass is 297 g/mol. The Hall–Kier alpha value is -2.15. The van der Waals surface area contributed by atoms with E-state index in [0.29, 0.717) is 11.4 Å². The highest BCUT2D eigenvalue weighted by atomic mass is 32.1. The molecule has 7 heteroatoms. The molecule has 1 aromatic carbocycles. The Morgan fingerprint density at radius 3 is 2.10 bits per heavy atom. The van der Waals surface area contributed by atoms with E-state index in [1.165, 1.54) is 6.07 Å². The van der Waals surface area contributed by atoms with Gasteiger partial charge in [0.05, 0.1) is 11.9 Å². The van der Waals surface area contributed by atoms with Gasteiger partial charge < -0.3 is 11.1 Å². The lowest BCUT2D eigenvalue weighted by Gasteiger charge is -2.09. The second kappa shape index (κ2) is 5.46. The van der Waals surface area contributed by atoms with Gasteiger partial charge in [0.2, 0.25) is 0 Å². The summed E-state index contributed by atoms with van der Waals surface area (Å²) in [7, 11) is 0. The number of nitrogens with one attached hydrogen (secondary N) is 1. The van der Waals surface area contributed by atoms with Gasteiger partial charge in [0, 0.05) is 11.3 Å². The van der Waals surface area contributed by atoms with E-state index < -0.39 is 11.9 Å². The van der Waals surface area contributed by atoms with E-state index in [9.17, 15) is 13.2 Å². The first-order valence-corrected chi connectivity index (χ1v) is 5.97. The second-order valence-corrected chi connectivity index (χ2v) is 4.44. The lowest BCUT2D eigenvalue weighted by Crippen LogP contribution is -2.09. The second-order valence-electron chi connectivity index (χ2n) is 4.00. The molecule has 0 radical (unpaired) electrons. The fraction of sp³-hybridized carbons (Fsp3) is 0.0769. The first-order valence-electron chi connectivity index (χ1n) is 5.56. The summed E-state index contributed by atoms with van der Waals surface area (Å²) in [5.74, 6) is 0. The van der Waals surface area contributed by atoms with Crippen molar-refractivity contribution < 1.29 is 13.2 Å². The summed E-state index contributed by atoms with van der Waals surface area (Å²) in [5, 5.41) is 2.93. The lowest BCUT2D eigenvalue weighted by atomic mass is 10.2. The summed E-state index contributed by atoms with van der Waals surface area (Å²) >= 11 is 4.83. The molecule has 0 saturated heterocycles. The van der Waals surface area contributed by atoms with Crippen molar-refractivity contribution >= 4 is 28.6 Å². The van der Waals surface area contributed by atoms with E-state index >= 15 is 0 Å². The number of nitrogens with two attached hydrogens (primary N) is 1. The van der Waals surface area contributed by atoms with Gasteiger partial charge in [0.15, 0.2) is 0 Å². The molecule has 104 valence electrons. The largest absolute Gasteiger partial charge is 0.433 e. The van der Waals surface area contributed by atoms with E-state index in [-0.39, 0.29) is 4.99 Å². The fourth-order valence-corrected chi connectivity index (χ4v) is 1.66. The Labute approximate surface area is 118 Å². The quantitative estimate of drug-likeness (QED) is 0.852. The number of alkyl halides is 3. The number of halogens is 3. The van der Waals surface area contributed by atoms with Gasteiger partial charge in [-0.2, -0.15) is 13.2 Å². The molecular weight excluding hydrogens is 287 g/mol. The van der Waals surface area contributed by atoms with Crippen LogP contribution in [0.1, 0.15) is 11.3 Å². The third-order valence-electron chi connectivity index (χ3n) is 2.51. The maximum absolute atomic E-state index is 12.4. The van der Waals surface area contributed by atoms with Gasteiger partial charge in [0.1, 0.15) is 10.7 Å². The topological polar surface area (TPSA) is 50.9 Å². The zero-order valence-corrected chi connectivity index (χ0v) is 10.9. The molecule has 1 aromatic heterocycles. The van der Waals surface area contributed by atoms with Crippen LogP contribution in [-0.4, -0.2) is 9.97 Å². The molecule has 0 bridgehead atoms. The van der Waals surface area contributed by atoms with E-state index in [2.05, 4.69) is 10.3 Å². The Kier molecular flexibility index (Phi) is 3.89. The Morgan fingerprint density at radius 1 is 1.05 bits per heavy atom. The molecule has 0 aliphatic carbocycles. The Balaban J connectivity index is 2.12. The van der Waals surface area contributed by atoms with Gasteiger partial charge in [-0.25, -0.2) is 4.98 Å². The molecule has 0 spiro atoms. The molecule has 0 unspecified atom stereocenters. The minimum absolute atomic E-state index is 0.285. The van der Waals surface area contributed by atoms with Crippen LogP contribution in [0.2, 0.25) is 0 Å². The van der Waals surface area contributed by atoms with Crippen molar-refractivity contribution in [1.29, 1.82) is 0 Å². The number of hydrogen-bond acceptors (Lipinski definition) is 3. The zero-order valence-electron chi connectivity index (χ0n) is 10.1. The minimum atomic E-state index is -4.43. The molecular formula is C13H10F3N3S. The van der Waals surface area contributed by atoms with Gasteiger partial charge in [-0.1, -0.05) is 12.2 Å². The maximum Gasteiger partial charge on any atom is 0.433 e. The van der Waals surface area contributed by atoms with Crippen molar-refractivity contribution in [2.24, 2.45) is 5.73 Å². The smallest absolute Gasteiger partial charge is 0.389 e. The van der Waals surface area contributed by atoms with E-state index in [4.69, 9.17) is 18.0 Å². The van der Waals surface area contributed by atoms with E-state index in [1.807, 2.05) is 0 Å². The maximum atomic E-state index is 12.4. The normalized spacial score (nSPS) is 11.2. The molecule has 1 heterocycles. The van der Waals surface area contributed by atoms with Crippen LogP contribution in [-0.2, 0) is 6.18 Å². The Morgan fingerprint density at radius 2 is 1.65 bits per heavy atom. The molecule has 0 atom stereocenters. The molecule has 20 heavy (non-hydrogen) atoms. The van der Waals surface area contributed by atoms with Crippen molar-refractivity contribution in [2.75, 3.05) is 5.32 Å². The van der Waals surface area contributed by atoms with Crippen LogP contribution in [0.4, 0.5) is 24.5 Å². The highest BCUT2D eigenvalue weighted by Crippen LogP contribution is 2.28. The van der Waals surface area contributed by atoms with Crippen LogP contribution in [0.5, 0.6) is 0 Å². The molecule has 0 aliphatic rings. The summed E-state index contributed by atoms with van der Waals surface area (Å²) in [5.41, 5.74) is 6.42. The number of aromatic nitrogens is 1. The number of pyridine rings is 1. The van der Waals surface area contributed by atoms with Crippen molar-refractivity contribution in [2.45, 2.75) is 6.18 Å². The third-order valence-corrected chi connectivity index (χ3v) is 2.75. The lowest BCUT2D eigenvalue weighted by molar-refractivity contribution is -0.141. The third kappa shape index (κ3) is 3.45.